The number of furan rings is 1. The molecule has 9 nitrogen and oxygen atoms in total. The minimum absolute atomic E-state index is 0.00490. The summed E-state index contributed by atoms with van der Waals surface area (Å²) in [5.41, 5.74) is 0.773. The van der Waals surface area contributed by atoms with Gasteiger partial charge in [0.15, 0.2) is 10.4 Å². The Bertz CT molecular complexity index is 850. The lowest BCUT2D eigenvalue weighted by Gasteiger charge is -1.98. The average Bonchev–Trinajstić information content (AvgIpc) is 3.11. The number of aryl methyl sites for hydroxylation is 1. The summed E-state index contributed by atoms with van der Waals surface area (Å²) in [4.78, 5) is 10.5. The highest BCUT2D eigenvalue weighted by molar-refractivity contribution is 9.10. The highest BCUT2D eigenvalue weighted by atomic mass is 79.9. The summed E-state index contributed by atoms with van der Waals surface area (Å²) >= 11 is 3.19. The van der Waals surface area contributed by atoms with Gasteiger partial charge in [-0.1, -0.05) is 0 Å². The molecule has 22 heavy (non-hydrogen) atoms. The summed E-state index contributed by atoms with van der Waals surface area (Å²) in [5.74, 6) is 0.949. The van der Waals surface area contributed by atoms with Gasteiger partial charge in [0.1, 0.15) is 17.9 Å². The van der Waals surface area contributed by atoms with E-state index in [0.717, 1.165) is 0 Å². The van der Waals surface area contributed by atoms with E-state index < -0.39 is 4.92 Å². The fraction of sp³-hybridized carbons (Fsp3) is 0.250. The second-order valence-corrected chi connectivity index (χ2v) is 5.32. The van der Waals surface area contributed by atoms with Crippen molar-refractivity contribution in [1.29, 1.82) is 0 Å². The Balaban J connectivity index is 1.87. The molecule has 3 heterocycles. The van der Waals surface area contributed by atoms with E-state index in [9.17, 15) is 10.1 Å². The Morgan fingerprint density at radius 3 is 2.68 bits per heavy atom. The fourth-order valence-corrected chi connectivity index (χ4v) is 2.39. The van der Waals surface area contributed by atoms with Crippen LogP contribution in [0.2, 0.25) is 0 Å². The molecular weight excluding hydrogens is 358 g/mol. The molecule has 0 aliphatic heterocycles. The van der Waals surface area contributed by atoms with Gasteiger partial charge in [0.2, 0.25) is 5.89 Å². The Labute approximate surface area is 132 Å². The van der Waals surface area contributed by atoms with Crippen LogP contribution in [0.1, 0.15) is 17.3 Å². The van der Waals surface area contributed by atoms with E-state index in [4.69, 9.17) is 8.83 Å². The number of rotatable bonds is 4. The minimum atomic E-state index is -0.451. The van der Waals surface area contributed by atoms with Crippen molar-refractivity contribution in [3.05, 3.63) is 44.2 Å². The first-order chi connectivity index (χ1) is 10.5. The summed E-state index contributed by atoms with van der Waals surface area (Å²) in [6.07, 6.45) is 0. The molecule has 0 atom stereocenters. The van der Waals surface area contributed by atoms with Crippen molar-refractivity contribution in [1.82, 2.24) is 20.0 Å². The Morgan fingerprint density at radius 2 is 2.09 bits per heavy atom. The maximum atomic E-state index is 11.0. The molecule has 0 saturated carbocycles. The molecule has 0 unspecified atom stereocenters. The molecule has 3 aromatic heterocycles. The highest BCUT2D eigenvalue weighted by Crippen LogP contribution is 2.25. The van der Waals surface area contributed by atoms with Gasteiger partial charge in [-0.2, -0.15) is 5.10 Å². The van der Waals surface area contributed by atoms with Crippen LogP contribution in [-0.2, 0) is 6.54 Å². The molecule has 3 aromatic rings. The second kappa shape index (κ2) is 5.37. The Morgan fingerprint density at radius 1 is 1.32 bits per heavy atom. The van der Waals surface area contributed by atoms with Gasteiger partial charge in [0.25, 0.3) is 5.89 Å². The van der Waals surface area contributed by atoms with Gasteiger partial charge in [0.05, 0.1) is 4.92 Å². The number of halogens is 1. The molecule has 0 aromatic carbocycles. The zero-order chi connectivity index (χ0) is 15.9. The molecule has 0 aliphatic rings. The zero-order valence-corrected chi connectivity index (χ0v) is 13.2. The number of nitro groups is 1. The molecule has 0 fully saturated rings. The molecule has 0 amide bonds. The van der Waals surface area contributed by atoms with Crippen molar-refractivity contribution >= 4 is 21.6 Å². The third-order valence-electron chi connectivity index (χ3n) is 3.06. The van der Waals surface area contributed by atoms with Gasteiger partial charge in [-0.15, -0.1) is 10.2 Å². The van der Waals surface area contributed by atoms with E-state index in [1.807, 2.05) is 0 Å². The lowest BCUT2D eigenvalue weighted by Crippen LogP contribution is -2.04. The number of hydrogen-bond donors (Lipinski definition) is 0. The normalized spacial score (nSPS) is 11.0. The summed E-state index contributed by atoms with van der Waals surface area (Å²) in [6, 6.07) is 3.40. The lowest BCUT2D eigenvalue weighted by atomic mass is 10.3. The van der Waals surface area contributed by atoms with Gasteiger partial charge < -0.3 is 8.83 Å². The maximum absolute atomic E-state index is 11.0. The van der Waals surface area contributed by atoms with E-state index in [-0.39, 0.29) is 24.0 Å². The largest absolute Gasteiger partial charge is 0.444 e. The van der Waals surface area contributed by atoms with E-state index in [2.05, 4.69) is 31.2 Å². The molecule has 0 aliphatic carbocycles. The van der Waals surface area contributed by atoms with Crippen LogP contribution in [-0.4, -0.2) is 24.9 Å². The van der Waals surface area contributed by atoms with Crippen LogP contribution in [0.3, 0.4) is 0 Å². The van der Waals surface area contributed by atoms with Gasteiger partial charge in [-0.25, -0.2) is 0 Å². The van der Waals surface area contributed by atoms with Crippen LogP contribution in [0.15, 0.2) is 25.6 Å². The molecule has 10 heteroatoms. The SMILES string of the molecule is Cc1nn(Cc2nnc(-c3ccc(Br)o3)o2)c(C)c1[N+](=O)[O-]. The van der Waals surface area contributed by atoms with Crippen molar-refractivity contribution in [2.24, 2.45) is 0 Å². The molecule has 0 bridgehead atoms. The second-order valence-electron chi connectivity index (χ2n) is 4.54. The number of aromatic nitrogens is 4. The average molecular weight is 368 g/mol. The predicted molar refractivity (Wildman–Crippen MR) is 77.2 cm³/mol. The summed E-state index contributed by atoms with van der Waals surface area (Å²) < 4.78 is 12.8. The van der Waals surface area contributed by atoms with E-state index >= 15 is 0 Å². The summed E-state index contributed by atoms with van der Waals surface area (Å²) in [5, 5.41) is 22.9. The highest BCUT2D eigenvalue weighted by Gasteiger charge is 2.23. The van der Waals surface area contributed by atoms with Gasteiger partial charge in [0, 0.05) is 0 Å². The standard InChI is InChI=1S/C12H10BrN5O4/c1-6-11(18(19)20)7(2)17(16-6)5-10-14-15-12(22-10)8-3-4-9(13)21-8/h3-4H,5H2,1-2H3. The number of nitrogens with zero attached hydrogens (tertiary/aromatic N) is 5. The van der Waals surface area contributed by atoms with Crippen LogP contribution in [0.25, 0.3) is 11.7 Å². The van der Waals surface area contributed by atoms with E-state index in [0.29, 0.717) is 21.8 Å². The van der Waals surface area contributed by atoms with Crippen LogP contribution in [0.4, 0.5) is 5.69 Å². The van der Waals surface area contributed by atoms with Crippen LogP contribution in [0.5, 0.6) is 0 Å². The molecule has 0 radical (unpaired) electrons. The third kappa shape index (κ3) is 2.52. The monoisotopic (exact) mass is 367 g/mol. The first kappa shape index (κ1) is 14.4. The van der Waals surface area contributed by atoms with Gasteiger partial charge in [-0.05, 0) is 41.9 Å². The number of hydrogen-bond acceptors (Lipinski definition) is 7. The summed E-state index contributed by atoms with van der Waals surface area (Å²) in [7, 11) is 0. The molecule has 0 N–H and O–H groups in total. The first-order valence-corrected chi connectivity index (χ1v) is 7.01. The third-order valence-corrected chi connectivity index (χ3v) is 3.49. The van der Waals surface area contributed by atoms with Crippen molar-refractivity contribution in [2.45, 2.75) is 20.4 Å². The zero-order valence-electron chi connectivity index (χ0n) is 11.6. The van der Waals surface area contributed by atoms with E-state index in [1.54, 1.807) is 26.0 Å². The fourth-order valence-electron chi connectivity index (χ4n) is 2.08. The van der Waals surface area contributed by atoms with Crippen molar-refractivity contribution in [3.8, 4) is 11.7 Å². The molecule has 0 saturated heterocycles. The Kier molecular flexibility index (Phi) is 3.53. The van der Waals surface area contributed by atoms with Crippen LogP contribution >= 0.6 is 15.9 Å². The topological polar surface area (TPSA) is 113 Å². The first-order valence-electron chi connectivity index (χ1n) is 6.22. The molecular formula is C12H10BrN5O4. The van der Waals surface area contributed by atoms with Gasteiger partial charge >= 0.3 is 5.69 Å². The Hall–Kier alpha value is -2.49. The van der Waals surface area contributed by atoms with Crippen molar-refractivity contribution in [3.63, 3.8) is 0 Å². The molecule has 3 rings (SSSR count). The maximum Gasteiger partial charge on any atom is 0.312 e. The lowest BCUT2D eigenvalue weighted by molar-refractivity contribution is -0.386. The smallest absolute Gasteiger partial charge is 0.312 e. The minimum Gasteiger partial charge on any atom is -0.444 e. The van der Waals surface area contributed by atoms with Crippen molar-refractivity contribution < 1.29 is 13.8 Å². The van der Waals surface area contributed by atoms with E-state index in [1.165, 1.54) is 4.68 Å². The summed E-state index contributed by atoms with van der Waals surface area (Å²) in [6.45, 7) is 3.36. The van der Waals surface area contributed by atoms with Gasteiger partial charge in [-0.3, -0.25) is 14.8 Å². The molecule has 0 spiro atoms. The predicted octanol–water partition coefficient (Wildman–Crippen LogP) is 2.86. The quantitative estimate of drug-likeness (QED) is 0.514. The molecule has 114 valence electrons. The van der Waals surface area contributed by atoms with Crippen molar-refractivity contribution in [2.75, 3.05) is 0 Å². The van der Waals surface area contributed by atoms with Crippen LogP contribution in [0, 0.1) is 24.0 Å². The van der Waals surface area contributed by atoms with Crippen LogP contribution < -0.4 is 0 Å².